The van der Waals surface area contributed by atoms with Crippen molar-refractivity contribution in [2.45, 2.75) is 19.0 Å². The van der Waals surface area contributed by atoms with Gasteiger partial charge < -0.3 is 15.1 Å². The fraction of sp³-hybridized carbons (Fsp3) is 0.571. The monoisotopic (exact) mass is 251 g/mol. The lowest BCUT2D eigenvalue weighted by molar-refractivity contribution is 0.296. The SMILES string of the molecule is CC1CN(c2ccccc2F)CC(CN(C)C)N1. The molecule has 0 aliphatic carbocycles. The van der Waals surface area contributed by atoms with Gasteiger partial charge in [-0.15, -0.1) is 0 Å². The van der Waals surface area contributed by atoms with Crippen LogP contribution in [0.15, 0.2) is 24.3 Å². The molecule has 2 unspecified atom stereocenters. The van der Waals surface area contributed by atoms with Gasteiger partial charge >= 0.3 is 0 Å². The zero-order valence-corrected chi connectivity index (χ0v) is 11.4. The van der Waals surface area contributed by atoms with Crippen LogP contribution in [0.1, 0.15) is 6.92 Å². The molecule has 1 saturated heterocycles. The van der Waals surface area contributed by atoms with Crippen molar-refractivity contribution < 1.29 is 4.39 Å². The van der Waals surface area contributed by atoms with Crippen LogP contribution in [0.25, 0.3) is 0 Å². The molecule has 0 spiro atoms. The van der Waals surface area contributed by atoms with Crippen LogP contribution in [0, 0.1) is 5.82 Å². The molecule has 0 aromatic heterocycles. The first-order chi connectivity index (χ1) is 8.56. The number of rotatable bonds is 3. The van der Waals surface area contributed by atoms with Gasteiger partial charge in [0, 0.05) is 31.7 Å². The molecule has 1 fully saturated rings. The molecule has 2 rings (SSSR count). The van der Waals surface area contributed by atoms with Crippen molar-refractivity contribution in [2.75, 3.05) is 38.6 Å². The minimum atomic E-state index is -0.129. The highest BCUT2D eigenvalue weighted by molar-refractivity contribution is 5.48. The molecule has 4 heteroatoms. The van der Waals surface area contributed by atoms with Gasteiger partial charge in [0.15, 0.2) is 0 Å². The van der Waals surface area contributed by atoms with Crippen LogP contribution < -0.4 is 10.2 Å². The molecule has 0 bridgehead atoms. The highest BCUT2D eigenvalue weighted by Gasteiger charge is 2.25. The van der Waals surface area contributed by atoms with E-state index in [9.17, 15) is 4.39 Å². The van der Waals surface area contributed by atoms with Crippen molar-refractivity contribution in [1.29, 1.82) is 0 Å². The Bertz CT molecular complexity index is 392. The quantitative estimate of drug-likeness (QED) is 0.879. The topological polar surface area (TPSA) is 18.5 Å². The number of para-hydroxylation sites is 1. The number of hydrogen-bond acceptors (Lipinski definition) is 3. The number of anilines is 1. The molecule has 1 aliphatic heterocycles. The van der Waals surface area contributed by atoms with E-state index in [1.807, 2.05) is 12.1 Å². The highest BCUT2D eigenvalue weighted by atomic mass is 19.1. The van der Waals surface area contributed by atoms with E-state index in [0.29, 0.717) is 12.1 Å². The van der Waals surface area contributed by atoms with E-state index in [-0.39, 0.29) is 5.82 Å². The zero-order chi connectivity index (χ0) is 13.1. The van der Waals surface area contributed by atoms with Gasteiger partial charge in [-0.05, 0) is 33.2 Å². The number of nitrogens with one attached hydrogen (secondary N) is 1. The van der Waals surface area contributed by atoms with Crippen LogP contribution >= 0.6 is 0 Å². The summed E-state index contributed by atoms with van der Waals surface area (Å²) in [6, 6.07) is 7.78. The molecule has 3 nitrogen and oxygen atoms in total. The number of hydrogen-bond donors (Lipinski definition) is 1. The van der Waals surface area contributed by atoms with Crippen molar-refractivity contribution in [3.63, 3.8) is 0 Å². The predicted molar refractivity (Wildman–Crippen MR) is 73.6 cm³/mol. The lowest BCUT2D eigenvalue weighted by Gasteiger charge is -2.40. The van der Waals surface area contributed by atoms with Crippen molar-refractivity contribution in [3.05, 3.63) is 30.1 Å². The second kappa shape index (κ2) is 5.67. The lowest BCUT2D eigenvalue weighted by Crippen LogP contribution is -2.58. The summed E-state index contributed by atoms with van der Waals surface area (Å²) in [5.74, 6) is -0.129. The van der Waals surface area contributed by atoms with Gasteiger partial charge in [-0.25, -0.2) is 4.39 Å². The zero-order valence-electron chi connectivity index (χ0n) is 11.4. The molecule has 1 aliphatic rings. The summed E-state index contributed by atoms with van der Waals surface area (Å²) in [6.45, 7) is 4.82. The van der Waals surface area contributed by atoms with Crippen LogP contribution in [0.2, 0.25) is 0 Å². The first-order valence-corrected chi connectivity index (χ1v) is 6.46. The summed E-state index contributed by atoms with van der Waals surface area (Å²) < 4.78 is 13.8. The van der Waals surface area contributed by atoms with E-state index in [4.69, 9.17) is 0 Å². The van der Waals surface area contributed by atoms with E-state index in [2.05, 4.69) is 36.1 Å². The molecule has 1 aromatic carbocycles. The van der Waals surface area contributed by atoms with Gasteiger partial charge in [-0.2, -0.15) is 0 Å². The highest BCUT2D eigenvalue weighted by Crippen LogP contribution is 2.21. The molecule has 100 valence electrons. The maximum Gasteiger partial charge on any atom is 0.146 e. The Balaban J connectivity index is 2.11. The number of benzene rings is 1. The average molecular weight is 251 g/mol. The van der Waals surface area contributed by atoms with Crippen LogP contribution in [0.3, 0.4) is 0 Å². The van der Waals surface area contributed by atoms with E-state index in [1.54, 1.807) is 6.07 Å². The van der Waals surface area contributed by atoms with Crippen LogP contribution in [-0.4, -0.2) is 50.7 Å². The molecule has 18 heavy (non-hydrogen) atoms. The molecule has 0 saturated carbocycles. The number of piperazine rings is 1. The maximum absolute atomic E-state index is 13.8. The summed E-state index contributed by atoms with van der Waals surface area (Å²) in [6.07, 6.45) is 0. The van der Waals surface area contributed by atoms with Crippen LogP contribution in [0.4, 0.5) is 10.1 Å². The van der Waals surface area contributed by atoms with Crippen LogP contribution in [-0.2, 0) is 0 Å². The Morgan fingerprint density at radius 1 is 1.33 bits per heavy atom. The number of halogens is 1. The molecule has 1 heterocycles. The van der Waals surface area contributed by atoms with E-state index >= 15 is 0 Å². The fourth-order valence-electron chi connectivity index (χ4n) is 2.64. The molecule has 0 radical (unpaired) electrons. The summed E-state index contributed by atoms with van der Waals surface area (Å²) in [5.41, 5.74) is 0.717. The Morgan fingerprint density at radius 2 is 2.06 bits per heavy atom. The summed E-state index contributed by atoms with van der Waals surface area (Å²) >= 11 is 0. The maximum atomic E-state index is 13.8. The Hall–Kier alpha value is -1.13. The van der Waals surface area contributed by atoms with Crippen molar-refractivity contribution >= 4 is 5.69 Å². The largest absolute Gasteiger partial charge is 0.366 e. The summed E-state index contributed by atoms with van der Waals surface area (Å²) in [7, 11) is 4.13. The smallest absolute Gasteiger partial charge is 0.146 e. The third kappa shape index (κ3) is 3.21. The van der Waals surface area contributed by atoms with Gasteiger partial charge in [0.1, 0.15) is 5.82 Å². The predicted octanol–water partition coefficient (Wildman–Crippen LogP) is 1.55. The number of nitrogens with zero attached hydrogens (tertiary/aromatic N) is 2. The molecule has 2 atom stereocenters. The fourth-order valence-corrected chi connectivity index (χ4v) is 2.64. The van der Waals surface area contributed by atoms with Crippen LogP contribution in [0.5, 0.6) is 0 Å². The Kier molecular flexibility index (Phi) is 4.19. The summed E-state index contributed by atoms with van der Waals surface area (Å²) in [5, 5.41) is 3.56. The Labute approximate surface area is 109 Å². The van der Waals surface area contributed by atoms with Gasteiger partial charge in [-0.1, -0.05) is 12.1 Å². The second-order valence-corrected chi connectivity index (χ2v) is 5.38. The van der Waals surface area contributed by atoms with Gasteiger partial charge in [0.05, 0.1) is 5.69 Å². The third-order valence-electron chi connectivity index (χ3n) is 3.23. The lowest BCUT2D eigenvalue weighted by atomic mass is 10.1. The molecular weight excluding hydrogens is 229 g/mol. The van der Waals surface area contributed by atoms with E-state index in [0.717, 1.165) is 25.3 Å². The third-order valence-corrected chi connectivity index (χ3v) is 3.23. The van der Waals surface area contributed by atoms with E-state index in [1.165, 1.54) is 6.07 Å². The Morgan fingerprint density at radius 3 is 2.72 bits per heavy atom. The molecule has 1 N–H and O–H groups in total. The van der Waals surface area contributed by atoms with Crippen molar-refractivity contribution in [2.24, 2.45) is 0 Å². The molecule has 0 amide bonds. The van der Waals surface area contributed by atoms with Crippen molar-refractivity contribution in [1.82, 2.24) is 10.2 Å². The first-order valence-electron chi connectivity index (χ1n) is 6.46. The first kappa shape index (κ1) is 13.3. The van der Waals surface area contributed by atoms with Gasteiger partial charge in [-0.3, -0.25) is 0 Å². The molecular formula is C14H22FN3. The van der Waals surface area contributed by atoms with Gasteiger partial charge in [0.25, 0.3) is 0 Å². The molecule has 1 aromatic rings. The minimum Gasteiger partial charge on any atom is -0.366 e. The van der Waals surface area contributed by atoms with E-state index < -0.39 is 0 Å². The van der Waals surface area contributed by atoms with Gasteiger partial charge in [0.2, 0.25) is 0 Å². The minimum absolute atomic E-state index is 0.129. The number of likely N-dealkylation sites (N-methyl/N-ethyl adjacent to an activating group) is 1. The second-order valence-electron chi connectivity index (χ2n) is 5.38. The standard InChI is InChI=1S/C14H22FN3/c1-11-8-18(10-12(16-11)9-17(2)3)14-7-5-4-6-13(14)15/h4-7,11-12,16H,8-10H2,1-3H3. The van der Waals surface area contributed by atoms with Crippen molar-refractivity contribution in [3.8, 4) is 0 Å². The average Bonchev–Trinajstić information content (AvgIpc) is 2.27. The normalized spacial score (nSPS) is 24.6. The summed E-state index contributed by atoms with van der Waals surface area (Å²) in [4.78, 5) is 4.31.